The number of ether oxygens (including phenoxy) is 2. The largest absolute Gasteiger partial charge is 0.493 e. The first-order valence-electron chi connectivity index (χ1n) is 9.30. The van der Waals surface area contributed by atoms with Gasteiger partial charge in [0.1, 0.15) is 5.75 Å². The van der Waals surface area contributed by atoms with Crippen LogP contribution in [0.3, 0.4) is 0 Å². The summed E-state index contributed by atoms with van der Waals surface area (Å²) in [5, 5.41) is 0. The van der Waals surface area contributed by atoms with Crippen molar-refractivity contribution in [1.29, 1.82) is 0 Å². The summed E-state index contributed by atoms with van der Waals surface area (Å²) < 4.78 is 12.1. The van der Waals surface area contributed by atoms with Gasteiger partial charge in [0.2, 0.25) is 0 Å². The molecule has 26 heavy (non-hydrogen) atoms. The van der Waals surface area contributed by atoms with Crippen LogP contribution >= 0.6 is 0 Å². The van der Waals surface area contributed by atoms with E-state index in [1.807, 2.05) is 18.2 Å². The summed E-state index contributed by atoms with van der Waals surface area (Å²) in [6.07, 6.45) is 3.06. The molecule has 0 bridgehead atoms. The van der Waals surface area contributed by atoms with Crippen LogP contribution in [0.15, 0.2) is 30.4 Å². The number of rotatable bonds is 7. The van der Waals surface area contributed by atoms with Crippen molar-refractivity contribution in [2.75, 3.05) is 13.2 Å². The van der Waals surface area contributed by atoms with Crippen molar-refractivity contribution in [3.8, 4) is 5.75 Å². The average Bonchev–Trinajstić information content (AvgIpc) is 3.10. The molecule has 1 aliphatic carbocycles. The Labute approximate surface area is 155 Å². The van der Waals surface area contributed by atoms with Crippen LogP contribution in [0.5, 0.6) is 5.75 Å². The van der Waals surface area contributed by atoms with Crippen molar-refractivity contribution in [2.45, 2.75) is 46.3 Å². The lowest BCUT2D eigenvalue weighted by Gasteiger charge is -2.29. The van der Waals surface area contributed by atoms with E-state index >= 15 is 0 Å². The number of imide groups is 1. The number of carbonyl (C=O) groups excluding carboxylic acids is 2. The van der Waals surface area contributed by atoms with Crippen LogP contribution in [0.2, 0.25) is 0 Å². The maximum absolute atomic E-state index is 12.3. The van der Waals surface area contributed by atoms with Crippen molar-refractivity contribution in [3.05, 3.63) is 41.5 Å². The lowest BCUT2D eigenvalue weighted by Crippen LogP contribution is -2.40. The molecule has 5 heteroatoms. The lowest BCUT2D eigenvalue weighted by molar-refractivity contribution is -0.143. The van der Waals surface area contributed by atoms with Gasteiger partial charge in [-0.25, -0.2) is 0 Å². The molecule has 5 nitrogen and oxygen atoms in total. The third kappa shape index (κ3) is 3.68. The van der Waals surface area contributed by atoms with E-state index in [4.69, 9.17) is 9.47 Å². The molecule has 0 unspecified atom stereocenters. The second kappa shape index (κ2) is 7.62. The Balaban J connectivity index is 1.93. The topological polar surface area (TPSA) is 55.8 Å². The first kappa shape index (κ1) is 18.6. The van der Waals surface area contributed by atoms with E-state index in [1.165, 1.54) is 17.1 Å². The van der Waals surface area contributed by atoms with Gasteiger partial charge in [-0.15, -0.1) is 0 Å². The number of benzene rings is 1. The van der Waals surface area contributed by atoms with Crippen LogP contribution in [0.1, 0.15) is 44.9 Å². The van der Waals surface area contributed by atoms with Crippen LogP contribution in [0.25, 0.3) is 0 Å². The summed E-state index contributed by atoms with van der Waals surface area (Å²) in [5.74, 6) is 1.06. The van der Waals surface area contributed by atoms with Gasteiger partial charge in [0.15, 0.2) is 0 Å². The van der Waals surface area contributed by atoms with Gasteiger partial charge >= 0.3 is 0 Å². The summed E-state index contributed by atoms with van der Waals surface area (Å²) in [7, 11) is 0. The fourth-order valence-electron chi connectivity index (χ4n) is 3.44. The highest BCUT2D eigenvalue weighted by Gasteiger charge is 2.44. The molecule has 1 heterocycles. The number of hydrogen-bond donors (Lipinski definition) is 0. The van der Waals surface area contributed by atoms with Gasteiger partial charge < -0.3 is 9.47 Å². The Morgan fingerprint density at radius 3 is 2.31 bits per heavy atom. The minimum Gasteiger partial charge on any atom is -0.493 e. The highest BCUT2D eigenvalue weighted by Crippen LogP contribution is 2.43. The van der Waals surface area contributed by atoms with Gasteiger partial charge in [-0.3, -0.25) is 14.5 Å². The predicted molar refractivity (Wildman–Crippen MR) is 98.8 cm³/mol. The molecule has 0 radical (unpaired) electrons. The van der Waals surface area contributed by atoms with E-state index in [-0.39, 0.29) is 17.9 Å². The summed E-state index contributed by atoms with van der Waals surface area (Å²) in [5.41, 5.74) is 1.99. The molecular weight excluding hydrogens is 330 g/mol. The molecule has 2 aliphatic rings. The monoisotopic (exact) mass is 357 g/mol. The summed E-state index contributed by atoms with van der Waals surface area (Å²) in [6.45, 7) is 9.59. The molecular formula is C21H27NO4. The fourth-order valence-corrected chi connectivity index (χ4v) is 3.44. The molecule has 0 spiro atoms. The smallest absolute Gasteiger partial charge is 0.254 e. The second-order valence-corrected chi connectivity index (χ2v) is 7.82. The molecule has 140 valence electrons. The predicted octanol–water partition coefficient (Wildman–Crippen LogP) is 3.28. The van der Waals surface area contributed by atoms with Crippen molar-refractivity contribution in [3.63, 3.8) is 0 Å². The fraction of sp³-hybridized carbons (Fsp3) is 0.524. The second-order valence-electron chi connectivity index (χ2n) is 7.82. The normalized spacial score (nSPS) is 22.0. The molecule has 0 N–H and O–H groups in total. The first-order chi connectivity index (χ1) is 12.4. The molecule has 1 aromatic carbocycles. The third-order valence-electron chi connectivity index (χ3n) is 4.58. The zero-order valence-corrected chi connectivity index (χ0v) is 15.9. The van der Waals surface area contributed by atoms with E-state index in [1.54, 1.807) is 0 Å². The quantitative estimate of drug-likeness (QED) is 0.703. The molecule has 2 atom stereocenters. The maximum Gasteiger partial charge on any atom is 0.254 e. The van der Waals surface area contributed by atoms with Gasteiger partial charge in [0.25, 0.3) is 11.8 Å². The summed E-state index contributed by atoms with van der Waals surface area (Å²) >= 11 is 0. The van der Waals surface area contributed by atoms with Crippen LogP contribution < -0.4 is 4.74 Å². The van der Waals surface area contributed by atoms with Crippen LogP contribution in [0.4, 0.5) is 0 Å². The number of hydrogen-bond acceptors (Lipinski definition) is 4. The minimum atomic E-state index is -0.402. The SMILES string of the molecule is CC(C)COc1cccc2c1C[C@H](OCC(C)C)[C@H]2N1C(=O)C=CC1=O. The standard InChI is InChI=1S/C21H27NO4/c1-13(2)11-25-17-7-5-6-15-16(17)10-18(26-12-14(3)4)21(15)22-19(23)8-9-20(22)24/h5-9,13-14,18,21H,10-12H2,1-4H3/t18-,21-/m0/s1. The van der Waals surface area contributed by atoms with E-state index in [0.29, 0.717) is 31.5 Å². The molecule has 0 aromatic heterocycles. The first-order valence-corrected chi connectivity index (χ1v) is 9.30. The lowest BCUT2D eigenvalue weighted by atomic mass is 10.1. The summed E-state index contributed by atoms with van der Waals surface area (Å²) in [6, 6.07) is 5.45. The number of fused-ring (bicyclic) bond motifs is 1. The zero-order valence-electron chi connectivity index (χ0n) is 15.9. The van der Waals surface area contributed by atoms with E-state index in [9.17, 15) is 9.59 Å². The van der Waals surface area contributed by atoms with Crippen molar-refractivity contribution in [1.82, 2.24) is 4.90 Å². The Kier molecular flexibility index (Phi) is 5.47. The minimum absolute atomic E-state index is 0.246. The van der Waals surface area contributed by atoms with Gasteiger partial charge in [-0.2, -0.15) is 0 Å². The van der Waals surface area contributed by atoms with E-state index in [0.717, 1.165) is 16.9 Å². The van der Waals surface area contributed by atoms with Crippen LogP contribution in [0, 0.1) is 11.8 Å². The number of nitrogens with zero attached hydrogens (tertiary/aromatic N) is 1. The van der Waals surface area contributed by atoms with Crippen molar-refractivity contribution < 1.29 is 19.1 Å². The number of amides is 2. The highest BCUT2D eigenvalue weighted by atomic mass is 16.5. The average molecular weight is 357 g/mol. The van der Waals surface area contributed by atoms with Gasteiger partial charge in [-0.05, 0) is 23.5 Å². The Morgan fingerprint density at radius 2 is 1.69 bits per heavy atom. The van der Waals surface area contributed by atoms with Crippen molar-refractivity contribution >= 4 is 11.8 Å². The highest BCUT2D eigenvalue weighted by molar-refractivity contribution is 6.13. The molecule has 0 fully saturated rings. The molecule has 2 amide bonds. The molecule has 1 aliphatic heterocycles. The van der Waals surface area contributed by atoms with Gasteiger partial charge in [-0.1, -0.05) is 39.8 Å². The zero-order chi connectivity index (χ0) is 18.8. The Hall–Kier alpha value is -2.14. The molecule has 0 saturated heterocycles. The van der Waals surface area contributed by atoms with Crippen LogP contribution in [-0.4, -0.2) is 36.0 Å². The van der Waals surface area contributed by atoms with Gasteiger partial charge in [0.05, 0.1) is 18.8 Å². The number of carbonyl (C=O) groups is 2. The molecule has 1 aromatic rings. The van der Waals surface area contributed by atoms with Crippen molar-refractivity contribution in [2.24, 2.45) is 11.8 Å². The van der Waals surface area contributed by atoms with Gasteiger partial charge in [0, 0.05) is 30.7 Å². The molecule has 0 saturated carbocycles. The van der Waals surface area contributed by atoms with Crippen LogP contribution in [-0.2, 0) is 20.7 Å². The van der Waals surface area contributed by atoms with E-state index in [2.05, 4.69) is 27.7 Å². The Morgan fingerprint density at radius 1 is 1.04 bits per heavy atom. The maximum atomic E-state index is 12.3. The Bertz CT molecular complexity index is 705. The molecule has 3 rings (SSSR count). The van der Waals surface area contributed by atoms with E-state index < -0.39 is 6.04 Å². The summed E-state index contributed by atoms with van der Waals surface area (Å²) in [4.78, 5) is 25.9. The third-order valence-corrected chi connectivity index (χ3v) is 4.58.